The summed E-state index contributed by atoms with van der Waals surface area (Å²) in [5, 5.41) is 3.18. The highest BCUT2D eigenvalue weighted by Crippen LogP contribution is 2.22. The van der Waals surface area contributed by atoms with Crippen LogP contribution in [0.2, 0.25) is 0 Å². The molecule has 0 aromatic carbocycles. The molecule has 0 radical (unpaired) electrons. The maximum Gasteiger partial charge on any atom is 0.414 e. The van der Waals surface area contributed by atoms with E-state index in [1.807, 2.05) is 0 Å². The average Bonchev–Trinajstić information content (AvgIpc) is 2.14. The Morgan fingerprint density at radius 3 is 2.40 bits per heavy atom. The summed E-state index contributed by atoms with van der Waals surface area (Å²) in [5.74, 6) is 0. The van der Waals surface area contributed by atoms with Gasteiger partial charge in [0.25, 0.3) is 0 Å². The molecule has 0 aromatic heterocycles. The van der Waals surface area contributed by atoms with E-state index in [2.05, 4.69) is 17.0 Å². The molecule has 2 nitrogen and oxygen atoms in total. The minimum absolute atomic E-state index is 0.175. The molecule has 15 heavy (non-hydrogen) atoms. The molecule has 0 saturated carbocycles. The van der Waals surface area contributed by atoms with Crippen molar-refractivity contribution in [1.82, 2.24) is 5.32 Å². The quantitative estimate of drug-likeness (QED) is 0.644. The van der Waals surface area contributed by atoms with E-state index in [9.17, 15) is 13.2 Å². The lowest BCUT2D eigenvalue weighted by Crippen LogP contribution is -2.29. The van der Waals surface area contributed by atoms with Gasteiger partial charge in [-0.3, -0.25) is 0 Å². The molecule has 92 valence electrons. The van der Waals surface area contributed by atoms with Crippen molar-refractivity contribution in [2.24, 2.45) is 0 Å². The summed E-state index contributed by atoms with van der Waals surface area (Å²) in [6.45, 7) is 5.09. The van der Waals surface area contributed by atoms with E-state index in [0.29, 0.717) is 6.42 Å². The van der Waals surface area contributed by atoms with E-state index >= 15 is 0 Å². The van der Waals surface area contributed by atoms with Crippen LogP contribution in [0.15, 0.2) is 0 Å². The van der Waals surface area contributed by atoms with Crippen molar-refractivity contribution >= 4 is 0 Å². The zero-order chi connectivity index (χ0) is 11.7. The topological polar surface area (TPSA) is 21.3 Å². The lowest BCUT2D eigenvalue weighted by Gasteiger charge is -2.16. The van der Waals surface area contributed by atoms with Crippen LogP contribution in [-0.2, 0) is 4.74 Å². The molecule has 0 aliphatic heterocycles. The molecule has 1 atom stereocenters. The van der Waals surface area contributed by atoms with Crippen LogP contribution in [-0.4, -0.2) is 32.0 Å². The lowest BCUT2D eigenvalue weighted by molar-refractivity contribution is -0.214. The second kappa shape index (κ2) is 7.93. The molecular formula is C10H20F3NO. The van der Waals surface area contributed by atoms with Crippen LogP contribution < -0.4 is 5.32 Å². The van der Waals surface area contributed by atoms with Crippen LogP contribution in [0, 0.1) is 0 Å². The fourth-order valence-corrected chi connectivity index (χ4v) is 1.01. The molecular weight excluding hydrogens is 207 g/mol. The first-order valence-corrected chi connectivity index (χ1v) is 5.37. The van der Waals surface area contributed by atoms with Crippen molar-refractivity contribution in [3.05, 3.63) is 0 Å². The Bertz CT molecular complexity index is 150. The fraction of sp³-hybridized carbons (Fsp3) is 1.00. The normalized spacial score (nSPS) is 14.2. The summed E-state index contributed by atoms with van der Waals surface area (Å²) in [6, 6.07) is 0. The van der Waals surface area contributed by atoms with Gasteiger partial charge in [-0.05, 0) is 39.3 Å². The van der Waals surface area contributed by atoms with E-state index in [4.69, 9.17) is 0 Å². The highest BCUT2D eigenvalue weighted by Gasteiger charge is 2.36. The SMILES string of the molecule is CCCNCCCCOC(C)C(F)(F)F. The summed E-state index contributed by atoms with van der Waals surface area (Å²) in [4.78, 5) is 0. The first-order chi connectivity index (χ1) is 6.98. The van der Waals surface area contributed by atoms with Crippen LogP contribution in [0.4, 0.5) is 13.2 Å². The van der Waals surface area contributed by atoms with Gasteiger partial charge in [0.2, 0.25) is 0 Å². The van der Waals surface area contributed by atoms with Crippen LogP contribution in [0.5, 0.6) is 0 Å². The Morgan fingerprint density at radius 2 is 1.87 bits per heavy atom. The molecule has 0 rings (SSSR count). The number of nitrogens with one attached hydrogen (secondary N) is 1. The first kappa shape index (κ1) is 14.7. The van der Waals surface area contributed by atoms with Gasteiger partial charge in [0, 0.05) is 6.61 Å². The second-order valence-corrected chi connectivity index (χ2v) is 3.51. The molecule has 0 aliphatic rings. The Morgan fingerprint density at radius 1 is 1.20 bits per heavy atom. The molecule has 1 N–H and O–H groups in total. The van der Waals surface area contributed by atoms with Gasteiger partial charge in [-0.25, -0.2) is 0 Å². The molecule has 0 fully saturated rings. The van der Waals surface area contributed by atoms with Gasteiger partial charge < -0.3 is 10.1 Å². The molecule has 0 spiro atoms. The number of unbranched alkanes of at least 4 members (excludes halogenated alkanes) is 1. The summed E-state index contributed by atoms with van der Waals surface area (Å²) >= 11 is 0. The lowest BCUT2D eigenvalue weighted by atomic mass is 10.3. The van der Waals surface area contributed by atoms with E-state index in [1.54, 1.807) is 0 Å². The van der Waals surface area contributed by atoms with Gasteiger partial charge in [-0.1, -0.05) is 6.92 Å². The number of hydrogen-bond donors (Lipinski definition) is 1. The van der Waals surface area contributed by atoms with Crippen LogP contribution in [0.25, 0.3) is 0 Å². The predicted molar refractivity (Wildman–Crippen MR) is 53.9 cm³/mol. The van der Waals surface area contributed by atoms with E-state index in [1.165, 1.54) is 0 Å². The molecule has 0 aromatic rings. The monoisotopic (exact) mass is 227 g/mol. The molecule has 0 amide bonds. The number of hydrogen-bond acceptors (Lipinski definition) is 2. The Balaban J connectivity index is 3.24. The van der Waals surface area contributed by atoms with Crippen molar-refractivity contribution in [3.8, 4) is 0 Å². The van der Waals surface area contributed by atoms with E-state index in [-0.39, 0.29) is 6.61 Å². The largest absolute Gasteiger partial charge is 0.414 e. The van der Waals surface area contributed by atoms with Gasteiger partial charge in [0.05, 0.1) is 0 Å². The maximum absolute atomic E-state index is 12.0. The highest BCUT2D eigenvalue weighted by molar-refractivity contribution is 4.60. The highest BCUT2D eigenvalue weighted by atomic mass is 19.4. The Hall–Kier alpha value is -0.290. The van der Waals surface area contributed by atoms with Gasteiger partial charge in [-0.2, -0.15) is 13.2 Å². The van der Waals surface area contributed by atoms with Crippen LogP contribution in [0.3, 0.4) is 0 Å². The van der Waals surface area contributed by atoms with Crippen molar-refractivity contribution in [2.75, 3.05) is 19.7 Å². The standard InChI is InChI=1S/C10H20F3NO/c1-3-6-14-7-4-5-8-15-9(2)10(11,12)13/h9,14H,3-8H2,1-2H3. The summed E-state index contributed by atoms with van der Waals surface area (Å²) in [7, 11) is 0. The summed E-state index contributed by atoms with van der Waals surface area (Å²) in [5.41, 5.74) is 0. The summed E-state index contributed by atoms with van der Waals surface area (Å²) in [6.07, 6.45) is -3.30. The number of ether oxygens (including phenoxy) is 1. The van der Waals surface area contributed by atoms with Gasteiger partial charge in [-0.15, -0.1) is 0 Å². The van der Waals surface area contributed by atoms with E-state index in [0.717, 1.165) is 32.9 Å². The summed E-state index contributed by atoms with van der Waals surface area (Å²) < 4.78 is 40.6. The van der Waals surface area contributed by atoms with E-state index < -0.39 is 12.3 Å². The van der Waals surface area contributed by atoms with Crippen molar-refractivity contribution < 1.29 is 17.9 Å². The van der Waals surface area contributed by atoms with Crippen molar-refractivity contribution in [3.63, 3.8) is 0 Å². The third kappa shape index (κ3) is 8.69. The predicted octanol–water partition coefficient (Wildman–Crippen LogP) is 2.73. The van der Waals surface area contributed by atoms with Crippen molar-refractivity contribution in [2.45, 2.75) is 45.4 Å². The molecule has 0 saturated heterocycles. The second-order valence-electron chi connectivity index (χ2n) is 3.51. The minimum atomic E-state index is -4.24. The molecule has 0 bridgehead atoms. The molecule has 5 heteroatoms. The van der Waals surface area contributed by atoms with Crippen LogP contribution >= 0.6 is 0 Å². The zero-order valence-electron chi connectivity index (χ0n) is 9.36. The Labute approximate surface area is 89.2 Å². The fourth-order valence-electron chi connectivity index (χ4n) is 1.01. The van der Waals surface area contributed by atoms with Crippen LogP contribution in [0.1, 0.15) is 33.1 Å². The average molecular weight is 227 g/mol. The zero-order valence-corrected chi connectivity index (χ0v) is 9.36. The smallest absolute Gasteiger partial charge is 0.369 e. The maximum atomic E-state index is 12.0. The van der Waals surface area contributed by atoms with Crippen molar-refractivity contribution in [1.29, 1.82) is 0 Å². The molecule has 0 aliphatic carbocycles. The molecule has 1 unspecified atom stereocenters. The van der Waals surface area contributed by atoms with Gasteiger partial charge in [0.15, 0.2) is 6.10 Å². The third-order valence-electron chi connectivity index (χ3n) is 2.00. The minimum Gasteiger partial charge on any atom is -0.369 e. The van der Waals surface area contributed by atoms with Gasteiger partial charge >= 0.3 is 6.18 Å². The third-order valence-corrected chi connectivity index (χ3v) is 2.00. The van der Waals surface area contributed by atoms with Gasteiger partial charge in [0.1, 0.15) is 0 Å². The number of rotatable bonds is 8. The number of alkyl halides is 3. The first-order valence-electron chi connectivity index (χ1n) is 5.37. The molecule has 0 heterocycles. The number of halogens is 3. The Kier molecular flexibility index (Phi) is 7.78.